The lowest BCUT2D eigenvalue weighted by Gasteiger charge is -2.19. The highest BCUT2D eigenvalue weighted by molar-refractivity contribution is 5.94. The second-order valence-electron chi connectivity index (χ2n) is 9.41. The molecule has 13 heteroatoms. The number of esters is 2. The smallest absolute Gasteiger partial charge is 0.453 e. The molecule has 0 bridgehead atoms. The van der Waals surface area contributed by atoms with Gasteiger partial charge in [-0.3, -0.25) is 0 Å². The number of nitrogens with two attached hydrogens (primary N) is 2. The van der Waals surface area contributed by atoms with E-state index in [2.05, 4.69) is 0 Å². The van der Waals surface area contributed by atoms with Gasteiger partial charge in [0.25, 0.3) is 0 Å². The van der Waals surface area contributed by atoms with Crippen LogP contribution in [0.4, 0.5) is 33.3 Å². The van der Waals surface area contributed by atoms with Crippen molar-refractivity contribution in [2.75, 3.05) is 18.1 Å². The Kier molecular flexibility index (Phi) is 10.5. The monoisotopic (exact) mass is 606 g/mol. The third-order valence-electron chi connectivity index (χ3n) is 6.18. The molecule has 5 N–H and O–H groups in total. The van der Waals surface area contributed by atoms with E-state index >= 15 is 0 Å². The van der Waals surface area contributed by atoms with Crippen LogP contribution in [0.1, 0.15) is 51.1 Å². The minimum absolute atomic E-state index is 0.0353. The molecule has 0 aliphatic heterocycles. The van der Waals surface area contributed by atoms with E-state index < -0.39 is 49.5 Å². The Bertz CT molecular complexity index is 1490. The Morgan fingerprint density at radius 3 is 2.02 bits per heavy atom. The van der Waals surface area contributed by atoms with E-state index in [0.29, 0.717) is 23.4 Å². The number of carboxylic acid groups (broad SMARTS) is 1. The first kappa shape index (κ1) is 32.6. The summed E-state index contributed by atoms with van der Waals surface area (Å²) in [5.41, 5.74) is 14.1. The second kappa shape index (κ2) is 13.8. The molecule has 3 aromatic rings. The number of benzene rings is 3. The minimum atomic E-state index is -5.68. The van der Waals surface area contributed by atoms with Crippen LogP contribution < -0.4 is 16.2 Å². The Balaban J connectivity index is 1.54. The molecule has 43 heavy (non-hydrogen) atoms. The molecule has 0 fully saturated rings. The van der Waals surface area contributed by atoms with Crippen LogP contribution in [-0.4, -0.2) is 41.7 Å². The zero-order valence-corrected chi connectivity index (χ0v) is 22.5. The average molecular weight is 607 g/mol. The zero-order valence-electron chi connectivity index (χ0n) is 22.5. The number of halogens is 5. The number of ether oxygens (including phenoxy) is 2. The van der Waals surface area contributed by atoms with Crippen molar-refractivity contribution in [1.29, 1.82) is 0 Å². The number of aliphatic carboxylic acids is 1. The number of hydrogen-bond acceptors (Lipinski definition) is 7. The van der Waals surface area contributed by atoms with Gasteiger partial charge < -0.3 is 26.0 Å². The summed E-state index contributed by atoms with van der Waals surface area (Å²) >= 11 is 0. The first-order chi connectivity index (χ1) is 20.2. The van der Waals surface area contributed by atoms with Gasteiger partial charge in [-0.15, -0.1) is 0 Å². The maximum Gasteiger partial charge on any atom is 0.453 e. The molecular weight excluding hydrogens is 579 g/mol. The van der Waals surface area contributed by atoms with Crippen LogP contribution in [0.25, 0.3) is 6.08 Å². The molecular formula is C30H27F5N2O6. The van der Waals surface area contributed by atoms with Crippen LogP contribution in [0.5, 0.6) is 5.75 Å². The average Bonchev–Trinajstić information content (AvgIpc) is 2.94. The Labute approximate surface area is 242 Å². The van der Waals surface area contributed by atoms with E-state index in [1.807, 2.05) is 0 Å². The van der Waals surface area contributed by atoms with Gasteiger partial charge in [0.1, 0.15) is 5.75 Å². The number of aryl methyl sites for hydroxylation is 1. The molecule has 0 heterocycles. The number of anilines is 2. The number of rotatable bonds is 12. The van der Waals surface area contributed by atoms with Crippen molar-refractivity contribution in [2.45, 2.75) is 37.8 Å². The molecule has 0 radical (unpaired) electrons. The van der Waals surface area contributed by atoms with Crippen LogP contribution in [0.3, 0.4) is 0 Å². The van der Waals surface area contributed by atoms with Crippen LogP contribution in [0, 0.1) is 0 Å². The Hall–Kier alpha value is -4.94. The van der Waals surface area contributed by atoms with Gasteiger partial charge in [0.2, 0.25) is 0 Å². The van der Waals surface area contributed by atoms with Gasteiger partial charge in [0.15, 0.2) is 0 Å². The Morgan fingerprint density at radius 1 is 0.837 bits per heavy atom. The van der Waals surface area contributed by atoms with Crippen molar-refractivity contribution in [3.05, 3.63) is 94.6 Å². The molecule has 0 unspecified atom stereocenters. The number of hydrogen-bond donors (Lipinski definition) is 3. The maximum absolute atomic E-state index is 12.9. The lowest BCUT2D eigenvalue weighted by Crippen LogP contribution is -2.36. The summed E-state index contributed by atoms with van der Waals surface area (Å²) in [7, 11) is 0. The van der Waals surface area contributed by atoms with Crippen molar-refractivity contribution in [3.63, 3.8) is 0 Å². The molecule has 0 aromatic heterocycles. The van der Waals surface area contributed by atoms with E-state index in [1.54, 1.807) is 30.3 Å². The van der Waals surface area contributed by atoms with Crippen LogP contribution in [0.15, 0.2) is 72.3 Å². The fourth-order valence-corrected chi connectivity index (χ4v) is 3.78. The van der Waals surface area contributed by atoms with Gasteiger partial charge in [-0.1, -0.05) is 18.2 Å². The van der Waals surface area contributed by atoms with E-state index in [9.17, 15) is 41.4 Å². The molecule has 0 aliphatic rings. The van der Waals surface area contributed by atoms with Gasteiger partial charge in [-0.05, 0) is 85.0 Å². The van der Waals surface area contributed by atoms with E-state index in [4.69, 9.17) is 20.9 Å². The van der Waals surface area contributed by atoms with Crippen molar-refractivity contribution >= 4 is 35.4 Å². The Morgan fingerprint density at radius 2 is 1.44 bits per heavy atom. The van der Waals surface area contributed by atoms with Crippen LogP contribution in [0.2, 0.25) is 0 Å². The topological polar surface area (TPSA) is 142 Å². The molecule has 0 atom stereocenters. The van der Waals surface area contributed by atoms with Crippen molar-refractivity contribution in [1.82, 2.24) is 0 Å². The minimum Gasteiger partial charge on any atom is -0.478 e. The van der Waals surface area contributed by atoms with E-state index in [1.165, 1.54) is 42.5 Å². The van der Waals surface area contributed by atoms with Gasteiger partial charge in [-0.2, -0.15) is 22.0 Å². The molecule has 8 nitrogen and oxygen atoms in total. The highest BCUT2D eigenvalue weighted by Gasteiger charge is 2.56. The van der Waals surface area contributed by atoms with Gasteiger partial charge in [-0.25, -0.2) is 14.4 Å². The molecule has 228 valence electrons. The maximum atomic E-state index is 12.9. The molecule has 0 aliphatic carbocycles. The molecule has 3 rings (SSSR count). The summed E-state index contributed by atoms with van der Waals surface area (Å²) in [6.07, 6.45) is -5.83. The van der Waals surface area contributed by atoms with E-state index in [-0.39, 0.29) is 28.9 Å². The van der Waals surface area contributed by atoms with E-state index in [0.717, 1.165) is 5.56 Å². The quantitative estimate of drug-likeness (QED) is 0.0544. The normalized spacial score (nSPS) is 12.1. The zero-order chi connectivity index (χ0) is 31.8. The summed E-state index contributed by atoms with van der Waals surface area (Å²) in [6.45, 7) is -0.641. The number of carbonyl (C=O) groups excluding carboxylic acids is 2. The van der Waals surface area contributed by atoms with Crippen LogP contribution >= 0.6 is 0 Å². The summed E-state index contributed by atoms with van der Waals surface area (Å²) in [5, 5.41) is 9.61. The molecule has 0 saturated carbocycles. The van der Waals surface area contributed by atoms with Crippen molar-refractivity contribution < 1.29 is 50.9 Å². The first-order valence-electron chi connectivity index (χ1n) is 12.8. The molecule has 3 aromatic carbocycles. The lowest BCUT2D eigenvalue weighted by molar-refractivity contribution is -0.284. The SMILES string of the molecule is Nc1ccc(CC/C(=C\c2ccc(C(=O)Oc3ccc(C(=O)OCCCC(F)(F)C(F)(F)F)cc3)cc2)C(=O)O)c(N)c1. The predicted molar refractivity (Wildman–Crippen MR) is 148 cm³/mol. The third-order valence-corrected chi connectivity index (χ3v) is 6.18. The van der Waals surface area contributed by atoms with Gasteiger partial charge in [0, 0.05) is 23.4 Å². The summed E-state index contributed by atoms with van der Waals surface area (Å²) in [4.78, 5) is 36.3. The summed E-state index contributed by atoms with van der Waals surface area (Å²) in [5.74, 6) is -7.61. The third kappa shape index (κ3) is 9.28. The van der Waals surface area contributed by atoms with Gasteiger partial charge in [0.05, 0.1) is 17.7 Å². The number of alkyl halides is 5. The summed E-state index contributed by atoms with van der Waals surface area (Å²) < 4.78 is 72.4. The fraction of sp³-hybridized carbons (Fsp3) is 0.233. The lowest BCUT2D eigenvalue weighted by atomic mass is 10.0. The predicted octanol–water partition coefficient (Wildman–Crippen LogP) is 6.31. The number of nitrogen functional groups attached to an aromatic ring is 2. The van der Waals surface area contributed by atoms with Crippen molar-refractivity contribution in [2.24, 2.45) is 0 Å². The highest BCUT2D eigenvalue weighted by Crippen LogP contribution is 2.38. The van der Waals surface area contributed by atoms with Gasteiger partial charge >= 0.3 is 30.0 Å². The largest absolute Gasteiger partial charge is 0.478 e. The first-order valence-corrected chi connectivity index (χ1v) is 12.8. The van der Waals surface area contributed by atoms with Crippen LogP contribution in [-0.2, 0) is 16.0 Å². The molecule has 0 saturated heterocycles. The molecule has 0 spiro atoms. The highest BCUT2D eigenvalue weighted by atomic mass is 19.4. The number of carboxylic acids is 1. The molecule has 0 amide bonds. The summed E-state index contributed by atoms with van der Waals surface area (Å²) in [6, 6.07) is 16.0. The van der Waals surface area contributed by atoms with Crippen molar-refractivity contribution in [3.8, 4) is 5.75 Å². The second-order valence-corrected chi connectivity index (χ2v) is 9.41. The number of carbonyl (C=O) groups is 3. The fourth-order valence-electron chi connectivity index (χ4n) is 3.78. The standard InChI is InChI=1S/C30H27F5N2O6/c31-29(32,30(33,34)35)14-1-15-42-27(40)20-9-12-24(13-10-20)43-28(41)21-4-2-18(3-5-21)16-22(26(38)39)7-6-19-8-11-23(36)17-25(19)37/h2-5,8-13,16-17H,1,6-7,14-15,36-37H2,(H,38,39)/b22-16+.